The Hall–Kier alpha value is -0.740. The molecule has 2 rings (SSSR count). The highest BCUT2D eigenvalue weighted by molar-refractivity contribution is 5.75. The summed E-state index contributed by atoms with van der Waals surface area (Å²) in [6, 6.07) is 0. The third-order valence-corrected chi connectivity index (χ3v) is 7.65. The molecule has 0 aromatic rings. The predicted molar refractivity (Wildman–Crippen MR) is 120 cm³/mol. The van der Waals surface area contributed by atoms with Crippen molar-refractivity contribution in [2.75, 3.05) is 0 Å². The van der Waals surface area contributed by atoms with Gasteiger partial charge in [0.25, 0.3) is 0 Å². The van der Waals surface area contributed by atoms with Crippen LogP contribution in [-0.4, -0.2) is 18.2 Å². The number of esters is 1. The summed E-state index contributed by atoms with van der Waals surface area (Å²) in [6.07, 6.45) is 18.6. The third-order valence-electron chi connectivity index (χ3n) is 7.65. The summed E-state index contributed by atoms with van der Waals surface area (Å²) >= 11 is 0. The van der Waals surface area contributed by atoms with Gasteiger partial charge in [0.1, 0.15) is 6.10 Å². The molecule has 182 valence electrons. The van der Waals surface area contributed by atoms with Crippen molar-refractivity contribution < 1.29 is 22.7 Å². The highest BCUT2D eigenvalue weighted by atomic mass is 19.4. The first-order chi connectivity index (χ1) is 14.9. The number of hydrogen-bond acceptors (Lipinski definition) is 2. The van der Waals surface area contributed by atoms with Crippen LogP contribution in [0.2, 0.25) is 0 Å². The zero-order valence-corrected chi connectivity index (χ0v) is 19.6. The Morgan fingerprint density at radius 1 is 0.581 bits per heavy atom. The lowest BCUT2D eigenvalue weighted by Crippen LogP contribution is -2.42. The van der Waals surface area contributed by atoms with E-state index in [0.29, 0.717) is 6.42 Å². The Bertz CT molecular complexity index is 478. The van der Waals surface area contributed by atoms with Gasteiger partial charge in [0.15, 0.2) is 0 Å². The van der Waals surface area contributed by atoms with Crippen LogP contribution in [0.4, 0.5) is 13.2 Å². The van der Waals surface area contributed by atoms with Crippen LogP contribution in [0.5, 0.6) is 0 Å². The smallest absolute Gasteiger partial charge is 0.455 e. The first kappa shape index (κ1) is 26.5. The summed E-state index contributed by atoms with van der Waals surface area (Å²) < 4.78 is 44.8. The summed E-state index contributed by atoms with van der Waals surface area (Å²) in [5, 5.41) is 0. The lowest BCUT2D eigenvalue weighted by Gasteiger charge is -2.41. The number of hydrogen-bond donors (Lipinski definition) is 0. The standard InChI is InChI=1S/C26H45F3O2/c27-26(28,29)24(30)31-23-19-15-11-7-3-1-4-8-12-16-20-25(23)21-17-13-9-5-2-6-10-14-18-22-25/h23H,1-22H2. The van der Waals surface area contributed by atoms with Crippen LogP contribution in [0.25, 0.3) is 0 Å². The van der Waals surface area contributed by atoms with Crippen LogP contribution in [0.1, 0.15) is 141 Å². The molecule has 2 aliphatic rings. The highest BCUT2D eigenvalue weighted by Gasteiger charge is 2.46. The minimum atomic E-state index is -4.91. The van der Waals surface area contributed by atoms with Gasteiger partial charge in [-0.15, -0.1) is 0 Å². The minimum Gasteiger partial charge on any atom is -0.455 e. The number of rotatable bonds is 1. The van der Waals surface area contributed by atoms with E-state index in [2.05, 4.69) is 0 Å². The number of ether oxygens (including phenoxy) is 1. The molecule has 0 radical (unpaired) electrons. The van der Waals surface area contributed by atoms with Crippen molar-refractivity contribution >= 4 is 5.97 Å². The van der Waals surface area contributed by atoms with Gasteiger partial charge in [-0.3, -0.25) is 0 Å². The molecule has 31 heavy (non-hydrogen) atoms. The van der Waals surface area contributed by atoms with Gasteiger partial charge in [-0.25, -0.2) is 4.79 Å². The third kappa shape index (κ3) is 10.2. The summed E-state index contributed by atoms with van der Waals surface area (Å²) in [4.78, 5) is 11.9. The molecule has 1 spiro atoms. The van der Waals surface area contributed by atoms with Crippen molar-refractivity contribution in [3.05, 3.63) is 0 Å². The van der Waals surface area contributed by atoms with Crippen molar-refractivity contribution in [1.82, 2.24) is 0 Å². The molecular weight excluding hydrogens is 401 g/mol. The summed E-state index contributed by atoms with van der Waals surface area (Å²) in [5.74, 6) is -1.98. The molecule has 2 nitrogen and oxygen atoms in total. The fraction of sp³-hybridized carbons (Fsp3) is 0.962. The lowest BCUT2D eigenvalue weighted by molar-refractivity contribution is -0.212. The van der Waals surface area contributed by atoms with Crippen LogP contribution in [0, 0.1) is 5.41 Å². The molecule has 2 saturated carbocycles. The van der Waals surface area contributed by atoms with E-state index in [1.54, 1.807) is 0 Å². The predicted octanol–water partition coefficient (Wildman–Crippen LogP) is 9.06. The maximum Gasteiger partial charge on any atom is 0.490 e. The van der Waals surface area contributed by atoms with E-state index in [0.717, 1.165) is 77.0 Å². The molecule has 0 N–H and O–H groups in total. The van der Waals surface area contributed by atoms with Crippen LogP contribution in [-0.2, 0) is 9.53 Å². The van der Waals surface area contributed by atoms with Gasteiger partial charge in [-0.2, -0.15) is 13.2 Å². The topological polar surface area (TPSA) is 26.3 Å². The number of carbonyl (C=O) groups excluding carboxylic acids is 1. The van der Waals surface area contributed by atoms with Gasteiger partial charge >= 0.3 is 12.1 Å². The SMILES string of the molecule is O=C(OC1CCCCCCCCCCCC12CCCCCCCCCCC2)C(F)(F)F. The second-order valence-electron chi connectivity index (χ2n) is 10.2. The van der Waals surface area contributed by atoms with E-state index in [1.165, 1.54) is 57.8 Å². The fourth-order valence-corrected chi connectivity index (χ4v) is 5.78. The van der Waals surface area contributed by atoms with Crippen molar-refractivity contribution in [2.45, 2.75) is 154 Å². The molecule has 5 heteroatoms. The van der Waals surface area contributed by atoms with Gasteiger partial charge in [-0.1, -0.05) is 109 Å². The van der Waals surface area contributed by atoms with Crippen molar-refractivity contribution in [2.24, 2.45) is 5.41 Å². The quantitative estimate of drug-likeness (QED) is 0.375. The Morgan fingerprint density at radius 2 is 0.903 bits per heavy atom. The summed E-state index contributed by atoms with van der Waals surface area (Å²) in [5.41, 5.74) is -0.284. The largest absolute Gasteiger partial charge is 0.490 e. The van der Waals surface area contributed by atoms with E-state index >= 15 is 0 Å². The molecule has 0 amide bonds. The lowest BCUT2D eigenvalue weighted by atomic mass is 9.68. The zero-order valence-electron chi connectivity index (χ0n) is 19.6. The summed E-state index contributed by atoms with van der Waals surface area (Å²) in [6.45, 7) is 0. The summed E-state index contributed by atoms with van der Waals surface area (Å²) in [7, 11) is 0. The Kier molecular flexibility index (Phi) is 12.3. The maximum atomic E-state index is 13.1. The fourth-order valence-electron chi connectivity index (χ4n) is 5.78. The average molecular weight is 447 g/mol. The Labute approximate surface area is 188 Å². The number of halogens is 3. The minimum absolute atomic E-state index is 0.284. The van der Waals surface area contributed by atoms with Crippen molar-refractivity contribution in [3.8, 4) is 0 Å². The first-order valence-corrected chi connectivity index (χ1v) is 13.2. The van der Waals surface area contributed by atoms with Crippen LogP contribution >= 0.6 is 0 Å². The van der Waals surface area contributed by atoms with E-state index in [1.807, 2.05) is 0 Å². The van der Waals surface area contributed by atoms with Gasteiger partial charge in [0.05, 0.1) is 0 Å². The average Bonchev–Trinajstić information content (AvgIpc) is 2.73. The van der Waals surface area contributed by atoms with E-state index < -0.39 is 18.2 Å². The molecule has 2 aliphatic carbocycles. The normalized spacial score (nSPS) is 26.4. The van der Waals surface area contributed by atoms with Gasteiger partial charge < -0.3 is 4.74 Å². The second kappa shape index (κ2) is 14.4. The molecular formula is C26H45F3O2. The van der Waals surface area contributed by atoms with Gasteiger partial charge in [-0.05, 0) is 32.1 Å². The van der Waals surface area contributed by atoms with Crippen LogP contribution < -0.4 is 0 Å². The second-order valence-corrected chi connectivity index (χ2v) is 10.2. The Balaban J connectivity index is 2.23. The Morgan fingerprint density at radius 3 is 1.26 bits per heavy atom. The molecule has 0 aromatic heterocycles. The first-order valence-electron chi connectivity index (χ1n) is 13.2. The van der Waals surface area contributed by atoms with Gasteiger partial charge in [0, 0.05) is 5.41 Å². The van der Waals surface area contributed by atoms with E-state index in [-0.39, 0.29) is 5.41 Å². The monoisotopic (exact) mass is 446 g/mol. The molecule has 0 bridgehead atoms. The zero-order chi connectivity index (χ0) is 22.4. The highest BCUT2D eigenvalue weighted by Crippen LogP contribution is 2.45. The van der Waals surface area contributed by atoms with E-state index in [4.69, 9.17) is 4.74 Å². The van der Waals surface area contributed by atoms with Crippen molar-refractivity contribution in [3.63, 3.8) is 0 Å². The van der Waals surface area contributed by atoms with Crippen LogP contribution in [0.15, 0.2) is 0 Å². The van der Waals surface area contributed by atoms with E-state index in [9.17, 15) is 18.0 Å². The number of carbonyl (C=O) groups is 1. The molecule has 0 aromatic carbocycles. The molecule has 1 atom stereocenters. The molecule has 1 unspecified atom stereocenters. The van der Waals surface area contributed by atoms with Crippen molar-refractivity contribution in [1.29, 1.82) is 0 Å². The van der Waals surface area contributed by atoms with Crippen LogP contribution in [0.3, 0.4) is 0 Å². The number of alkyl halides is 3. The van der Waals surface area contributed by atoms with Gasteiger partial charge in [0.2, 0.25) is 0 Å². The molecule has 0 heterocycles. The molecule has 0 aliphatic heterocycles. The molecule has 2 fully saturated rings. The molecule has 0 saturated heterocycles. The maximum absolute atomic E-state index is 13.1.